The first kappa shape index (κ1) is 11.5. The Hall–Kier alpha value is -1.55. The predicted octanol–water partition coefficient (Wildman–Crippen LogP) is 1.96. The number of phenols is 1. The minimum atomic E-state index is -0.472. The molecule has 4 nitrogen and oxygen atoms in total. The molecule has 0 fully saturated rings. The van der Waals surface area contributed by atoms with Crippen molar-refractivity contribution in [1.29, 1.82) is 0 Å². The Bertz CT molecular complexity index is 404. The van der Waals surface area contributed by atoms with Crippen LogP contribution >= 0.6 is 11.6 Å². The summed E-state index contributed by atoms with van der Waals surface area (Å²) in [6.45, 7) is 1.32. The van der Waals surface area contributed by atoms with E-state index < -0.39 is 5.91 Å². The second-order valence-corrected chi connectivity index (χ2v) is 3.52. The van der Waals surface area contributed by atoms with Gasteiger partial charge in [0.25, 0.3) is 0 Å². The summed E-state index contributed by atoms with van der Waals surface area (Å²) in [4.78, 5) is 21.8. The minimum Gasteiger partial charge on any atom is -0.506 e. The van der Waals surface area contributed by atoms with Gasteiger partial charge in [0.2, 0.25) is 5.91 Å². The molecule has 0 aliphatic heterocycles. The molecule has 0 unspecified atom stereocenters. The van der Waals surface area contributed by atoms with Gasteiger partial charge in [0, 0.05) is 5.02 Å². The maximum absolute atomic E-state index is 11.2. The third-order valence-electron chi connectivity index (χ3n) is 1.64. The summed E-state index contributed by atoms with van der Waals surface area (Å²) >= 11 is 5.68. The maximum atomic E-state index is 11.2. The lowest BCUT2D eigenvalue weighted by Gasteiger charge is -2.06. The van der Waals surface area contributed by atoms with E-state index >= 15 is 0 Å². The van der Waals surface area contributed by atoms with Gasteiger partial charge in [0.05, 0.1) is 12.1 Å². The van der Waals surface area contributed by atoms with Crippen LogP contribution in [-0.4, -0.2) is 16.8 Å². The Labute approximate surface area is 91.9 Å². The number of rotatable bonds is 3. The van der Waals surface area contributed by atoms with Crippen LogP contribution in [0.2, 0.25) is 5.02 Å². The second-order valence-electron chi connectivity index (χ2n) is 3.09. The van der Waals surface area contributed by atoms with Crippen molar-refractivity contribution in [1.82, 2.24) is 0 Å². The number of anilines is 1. The van der Waals surface area contributed by atoms with Crippen molar-refractivity contribution in [3.8, 4) is 5.75 Å². The van der Waals surface area contributed by atoms with E-state index in [0.29, 0.717) is 5.02 Å². The number of aromatic hydroxyl groups is 1. The molecule has 1 amide bonds. The number of carbonyl (C=O) groups is 2. The van der Waals surface area contributed by atoms with Gasteiger partial charge in [0.1, 0.15) is 11.5 Å². The summed E-state index contributed by atoms with van der Waals surface area (Å²) in [5, 5.41) is 12.1. The fraction of sp³-hybridized carbons (Fsp3) is 0.200. The van der Waals surface area contributed by atoms with Gasteiger partial charge in [-0.05, 0) is 25.1 Å². The topological polar surface area (TPSA) is 66.4 Å². The van der Waals surface area contributed by atoms with Crippen molar-refractivity contribution in [2.45, 2.75) is 13.3 Å². The lowest BCUT2D eigenvalue weighted by atomic mass is 10.2. The van der Waals surface area contributed by atoms with Crippen LogP contribution in [0.4, 0.5) is 5.69 Å². The quantitative estimate of drug-likeness (QED) is 0.613. The Morgan fingerprint density at radius 1 is 1.47 bits per heavy atom. The summed E-state index contributed by atoms with van der Waals surface area (Å²) in [6, 6.07) is 4.28. The third kappa shape index (κ3) is 3.59. The first-order chi connectivity index (χ1) is 6.99. The summed E-state index contributed by atoms with van der Waals surface area (Å²) in [6.07, 6.45) is -0.216. The van der Waals surface area contributed by atoms with Crippen molar-refractivity contribution in [3.63, 3.8) is 0 Å². The SMILES string of the molecule is CC(=O)CC(=O)Nc1cc(Cl)ccc1O. The van der Waals surface area contributed by atoms with Gasteiger partial charge in [-0.1, -0.05) is 11.6 Å². The summed E-state index contributed by atoms with van der Waals surface area (Å²) in [7, 11) is 0. The summed E-state index contributed by atoms with van der Waals surface area (Å²) in [5.74, 6) is -0.801. The number of phenolic OH excluding ortho intramolecular Hbond substituents is 1. The number of ketones is 1. The number of nitrogens with one attached hydrogen (secondary N) is 1. The average molecular weight is 228 g/mol. The molecular formula is C10H10ClNO3. The van der Waals surface area contributed by atoms with E-state index in [9.17, 15) is 14.7 Å². The lowest BCUT2D eigenvalue weighted by Crippen LogP contribution is -2.14. The smallest absolute Gasteiger partial charge is 0.231 e. The number of benzene rings is 1. The van der Waals surface area contributed by atoms with E-state index in [0.717, 1.165) is 0 Å². The van der Waals surface area contributed by atoms with E-state index in [-0.39, 0.29) is 23.6 Å². The molecule has 0 saturated heterocycles. The number of hydrogen-bond acceptors (Lipinski definition) is 3. The van der Waals surface area contributed by atoms with Crippen LogP contribution in [0.1, 0.15) is 13.3 Å². The van der Waals surface area contributed by atoms with Gasteiger partial charge in [0.15, 0.2) is 0 Å². The number of Topliss-reactive ketones (excluding diaryl/α,β-unsaturated/α-hetero) is 1. The Morgan fingerprint density at radius 3 is 2.73 bits per heavy atom. The van der Waals surface area contributed by atoms with Crippen molar-refractivity contribution in [3.05, 3.63) is 23.2 Å². The van der Waals surface area contributed by atoms with Crippen molar-refractivity contribution in [2.75, 3.05) is 5.32 Å². The van der Waals surface area contributed by atoms with Crippen molar-refractivity contribution < 1.29 is 14.7 Å². The van der Waals surface area contributed by atoms with Crippen LogP contribution in [0, 0.1) is 0 Å². The molecule has 0 atom stereocenters. The summed E-state index contributed by atoms with van der Waals surface area (Å²) in [5.41, 5.74) is 0.203. The lowest BCUT2D eigenvalue weighted by molar-refractivity contribution is -0.124. The first-order valence-corrected chi connectivity index (χ1v) is 4.64. The van der Waals surface area contributed by atoms with E-state index in [1.54, 1.807) is 0 Å². The zero-order valence-electron chi connectivity index (χ0n) is 8.08. The number of amides is 1. The molecular weight excluding hydrogens is 218 g/mol. The van der Waals surface area contributed by atoms with E-state index in [1.807, 2.05) is 0 Å². The number of carbonyl (C=O) groups excluding carboxylic acids is 2. The van der Waals surface area contributed by atoms with Crippen LogP contribution in [-0.2, 0) is 9.59 Å². The first-order valence-electron chi connectivity index (χ1n) is 4.27. The van der Waals surface area contributed by atoms with Gasteiger partial charge in [-0.15, -0.1) is 0 Å². The number of halogens is 1. The van der Waals surface area contributed by atoms with Crippen LogP contribution < -0.4 is 5.32 Å². The van der Waals surface area contributed by atoms with Gasteiger partial charge in [-0.2, -0.15) is 0 Å². The standard InChI is InChI=1S/C10H10ClNO3/c1-6(13)4-10(15)12-8-5-7(11)2-3-9(8)14/h2-3,5,14H,4H2,1H3,(H,12,15). The highest BCUT2D eigenvalue weighted by Crippen LogP contribution is 2.26. The van der Waals surface area contributed by atoms with Crippen LogP contribution in [0.15, 0.2) is 18.2 Å². The molecule has 2 N–H and O–H groups in total. The van der Waals surface area contributed by atoms with Crippen LogP contribution in [0.5, 0.6) is 5.75 Å². The molecule has 1 rings (SSSR count). The third-order valence-corrected chi connectivity index (χ3v) is 1.88. The van der Waals surface area contributed by atoms with Crippen LogP contribution in [0.25, 0.3) is 0 Å². The maximum Gasteiger partial charge on any atom is 0.231 e. The van der Waals surface area contributed by atoms with Gasteiger partial charge in [-0.3, -0.25) is 9.59 Å². The molecule has 80 valence electrons. The van der Waals surface area contributed by atoms with Crippen LogP contribution in [0.3, 0.4) is 0 Å². The number of hydrogen-bond donors (Lipinski definition) is 2. The molecule has 5 heteroatoms. The molecule has 1 aromatic rings. The highest BCUT2D eigenvalue weighted by atomic mass is 35.5. The predicted molar refractivity (Wildman–Crippen MR) is 57.0 cm³/mol. The van der Waals surface area contributed by atoms with E-state index in [1.165, 1.54) is 25.1 Å². The molecule has 0 spiro atoms. The molecule has 15 heavy (non-hydrogen) atoms. The van der Waals surface area contributed by atoms with Gasteiger partial charge in [-0.25, -0.2) is 0 Å². The zero-order valence-corrected chi connectivity index (χ0v) is 8.84. The molecule has 1 aromatic carbocycles. The fourth-order valence-corrected chi connectivity index (χ4v) is 1.20. The molecule has 0 radical (unpaired) electrons. The molecule has 0 heterocycles. The Morgan fingerprint density at radius 2 is 2.13 bits per heavy atom. The largest absolute Gasteiger partial charge is 0.506 e. The van der Waals surface area contributed by atoms with Crippen molar-refractivity contribution in [2.24, 2.45) is 0 Å². The van der Waals surface area contributed by atoms with Gasteiger partial charge >= 0.3 is 0 Å². The Kier molecular flexibility index (Phi) is 3.68. The van der Waals surface area contributed by atoms with Gasteiger partial charge < -0.3 is 10.4 Å². The minimum absolute atomic E-state index is 0.0868. The molecule has 0 bridgehead atoms. The van der Waals surface area contributed by atoms with E-state index in [2.05, 4.69) is 5.32 Å². The normalized spacial score (nSPS) is 9.73. The monoisotopic (exact) mass is 227 g/mol. The molecule has 0 aliphatic rings. The van der Waals surface area contributed by atoms with E-state index in [4.69, 9.17) is 11.6 Å². The Balaban J connectivity index is 2.76. The highest BCUT2D eigenvalue weighted by molar-refractivity contribution is 6.31. The summed E-state index contributed by atoms with van der Waals surface area (Å²) < 4.78 is 0. The highest BCUT2D eigenvalue weighted by Gasteiger charge is 2.08. The average Bonchev–Trinajstić information content (AvgIpc) is 2.10. The fourth-order valence-electron chi connectivity index (χ4n) is 1.03. The second kappa shape index (κ2) is 4.79. The molecule has 0 aliphatic carbocycles. The zero-order chi connectivity index (χ0) is 11.4. The van der Waals surface area contributed by atoms with Crippen molar-refractivity contribution >= 4 is 29.0 Å². The molecule has 0 saturated carbocycles. The molecule has 0 aromatic heterocycles.